The predicted molar refractivity (Wildman–Crippen MR) is 119 cm³/mol. The van der Waals surface area contributed by atoms with E-state index in [1.807, 2.05) is 6.92 Å². The van der Waals surface area contributed by atoms with Gasteiger partial charge in [0.05, 0.1) is 22.8 Å². The number of hydrazine groups is 1. The summed E-state index contributed by atoms with van der Waals surface area (Å²) in [5, 5.41) is 18.9. The third kappa shape index (κ3) is 6.30. The van der Waals surface area contributed by atoms with Gasteiger partial charge in [-0.15, -0.1) is 0 Å². The monoisotopic (exact) mass is 432 g/mol. The molecule has 2 amide bonds. The third-order valence-electron chi connectivity index (χ3n) is 4.90. The molecule has 31 heavy (non-hydrogen) atoms. The van der Waals surface area contributed by atoms with Gasteiger partial charge in [0, 0.05) is 24.7 Å². The van der Waals surface area contributed by atoms with E-state index in [1.54, 1.807) is 30.9 Å². The molecule has 0 spiro atoms. The zero-order valence-corrected chi connectivity index (χ0v) is 18.5. The van der Waals surface area contributed by atoms with Crippen LogP contribution in [0.15, 0.2) is 17.5 Å². The number of hydrogen-bond donors (Lipinski definition) is 5. The maximum Gasteiger partial charge on any atom is 0.273 e. The number of aromatic nitrogens is 3. The number of amides is 2. The third-order valence-corrected chi connectivity index (χ3v) is 4.90. The summed E-state index contributed by atoms with van der Waals surface area (Å²) in [6.07, 6.45) is 7.82. The Labute approximate surface area is 181 Å². The van der Waals surface area contributed by atoms with Crippen molar-refractivity contribution in [1.29, 1.82) is 0 Å². The predicted octanol–water partition coefficient (Wildman–Crippen LogP) is 1.98. The maximum atomic E-state index is 12.7. The number of nitrogens with one attached hydrogen (secondary N) is 3. The van der Waals surface area contributed by atoms with Gasteiger partial charge in [0.2, 0.25) is 5.91 Å². The number of fused-ring (bicyclic) bond motifs is 1. The minimum Gasteiger partial charge on any atom is -0.409 e. The Kier molecular flexibility index (Phi) is 8.59. The lowest BCUT2D eigenvalue weighted by molar-refractivity contribution is -0.124. The number of anilines is 1. The molecule has 3 rings (SSSR count). The van der Waals surface area contributed by atoms with E-state index >= 15 is 0 Å². The van der Waals surface area contributed by atoms with Gasteiger partial charge < -0.3 is 16.3 Å². The smallest absolute Gasteiger partial charge is 0.273 e. The van der Waals surface area contributed by atoms with Crippen LogP contribution in [0.25, 0.3) is 11.0 Å². The summed E-state index contributed by atoms with van der Waals surface area (Å²) < 4.78 is 1.80. The van der Waals surface area contributed by atoms with Crippen molar-refractivity contribution in [3.63, 3.8) is 0 Å². The summed E-state index contributed by atoms with van der Waals surface area (Å²) in [5.41, 5.74) is 11.6. The second-order valence-corrected chi connectivity index (χ2v) is 7.71. The van der Waals surface area contributed by atoms with Crippen LogP contribution in [0.1, 0.15) is 63.7 Å². The highest BCUT2D eigenvalue weighted by Crippen LogP contribution is 2.30. The van der Waals surface area contributed by atoms with Gasteiger partial charge in [-0.2, -0.15) is 5.10 Å². The summed E-state index contributed by atoms with van der Waals surface area (Å²) in [6.45, 7) is 7.73. The Balaban J connectivity index is 0.000000614. The molecule has 1 aliphatic rings. The van der Waals surface area contributed by atoms with Crippen LogP contribution in [0.3, 0.4) is 0 Å². The number of carbonyl (C=O) groups is 2. The Bertz CT molecular complexity index is 928. The van der Waals surface area contributed by atoms with Gasteiger partial charge in [0.1, 0.15) is 5.84 Å². The minimum atomic E-state index is -0.391. The van der Waals surface area contributed by atoms with E-state index in [0.29, 0.717) is 18.2 Å². The van der Waals surface area contributed by atoms with Gasteiger partial charge in [-0.3, -0.25) is 20.4 Å². The topological polar surface area (TPSA) is 160 Å². The van der Waals surface area contributed by atoms with E-state index in [4.69, 9.17) is 10.9 Å². The van der Waals surface area contributed by atoms with Gasteiger partial charge in [0.25, 0.3) is 5.91 Å². The number of carbonyl (C=O) groups excluding carboxylic acids is 2. The van der Waals surface area contributed by atoms with Crippen LogP contribution in [-0.2, 0) is 11.3 Å². The van der Waals surface area contributed by atoms with Crippen LogP contribution in [0.2, 0.25) is 0 Å². The Morgan fingerprint density at radius 1 is 1.29 bits per heavy atom. The summed E-state index contributed by atoms with van der Waals surface area (Å²) in [7, 11) is 0. The molecule has 2 heterocycles. The minimum absolute atomic E-state index is 0.185. The first-order chi connectivity index (χ1) is 14.8. The lowest BCUT2D eigenvalue weighted by atomic mass is 10.1. The fourth-order valence-electron chi connectivity index (χ4n) is 3.19. The highest BCUT2D eigenvalue weighted by atomic mass is 16.4. The lowest BCUT2D eigenvalue weighted by Crippen LogP contribution is -2.43. The first kappa shape index (κ1) is 23.9. The van der Waals surface area contributed by atoms with E-state index in [1.165, 1.54) is 19.8 Å². The maximum absolute atomic E-state index is 12.7. The molecule has 0 atom stereocenters. The van der Waals surface area contributed by atoms with Crippen LogP contribution >= 0.6 is 0 Å². The Morgan fingerprint density at radius 3 is 2.48 bits per heavy atom. The quantitative estimate of drug-likeness (QED) is 0.209. The van der Waals surface area contributed by atoms with Crippen LogP contribution in [0.5, 0.6) is 0 Å². The van der Waals surface area contributed by atoms with E-state index in [-0.39, 0.29) is 17.7 Å². The van der Waals surface area contributed by atoms with Gasteiger partial charge in [-0.05, 0) is 26.7 Å². The number of amidine groups is 1. The van der Waals surface area contributed by atoms with Crippen molar-refractivity contribution in [2.75, 3.05) is 5.32 Å². The number of oxime groups is 1. The molecule has 11 nitrogen and oxygen atoms in total. The van der Waals surface area contributed by atoms with Crippen LogP contribution in [-0.4, -0.2) is 43.7 Å². The SMILES string of the molecule is CC(N)=NO.CCn1ncc2c(NC3CCCC3)c(C(=O)NNC(=O)C(C)C)cnc21. The van der Waals surface area contributed by atoms with E-state index in [0.717, 1.165) is 29.6 Å². The highest BCUT2D eigenvalue weighted by molar-refractivity contribution is 6.06. The molecule has 2 aromatic rings. The molecule has 0 aliphatic heterocycles. The first-order valence-electron chi connectivity index (χ1n) is 10.4. The summed E-state index contributed by atoms with van der Waals surface area (Å²) in [5.74, 6) is -0.658. The van der Waals surface area contributed by atoms with Crippen molar-refractivity contribution < 1.29 is 14.8 Å². The molecule has 1 saturated carbocycles. The molecule has 1 fully saturated rings. The Morgan fingerprint density at radius 2 is 1.94 bits per heavy atom. The molecule has 11 heteroatoms. The van der Waals surface area contributed by atoms with E-state index in [9.17, 15) is 9.59 Å². The normalized spacial score (nSPS) is 14.3. The number of rotatable bonds is 5. The molecule has 2 aromatic heterocycles. The standard InChI is InChI=1S/C18H26N6O2.C2H6N2O/c1-4-24-16-13(10-20-24)15(21-12-7-5-6-8-12)14(9-19-16)18(26)23-22-17(25)11(2)3;1-2(3)4-5/h9-12H,4-8H2,1-3H3,(H,19,21)(H,22,25)(H,23,26);5H,1H3,(H2,3,4). The second kappa shape index (κ2) is 11.1. The van der Waals surface area contributed by atoms with Crippen LogP contribution in [0, 0.1) is 5.92 Å². The number of pyridine rings is 1. The summed E-state index contributed by atoms with van der Waals surface area (Å²) in [6, 6.07) is 0.336. The number of nitrogens with two attached hydrogens (primary N) is 1. The first-order valence-corrected chi connectivity index (χ1v) is 10.4. The highest BCUT2D eigenvalue weighted by Gasteiger charge is 2.22. The number of nitrogens with zero attached hydrogens (tertiary/aromatic N) is 4. The second-order valence-electron chi connectivity index (χ2n) is 7.71. The molecule has 0 radical (unpaired) electrons. The van der Waals surface area contributed by atoms with Gasteiger partial charge in [-0.25, -0.2) is 9.67 Å². The molecule has 0 aromatic carbocycles. The summed E-state index contributed by atoms with van der Waals surface area (Å²) in [4.78, 5) is 28.8. The van der Waals surface area contributed by atoms with Crippen molar-refractivity contribution >= 4 is 34.4 Å². The van der Waals surface area contributed by atoms with Crippen LogP contribution < -0.4 is 21.9 Å². The average molecular weight is 433 g/mol. The zero-order chi connectivity index (χ0) is 23.0. The molecule has 0 saturated heterocycles. The van der Waals surface area contributed by atoms with Gasteiger partial charge >= 0.3 is 0 Å². The van der Waals surface area contributed by atoms with E-state index < -0.39 is 5.91 Å². The molecular weight excluding hydrogens is 400 g/mol. The Hall–Kier alpha value is -3.37. The fraction of sp³-hybridized carbons (Fsp3) is 0.550. The average Bonchev–Trinajstić information content (AvgIpc) is 3.41. The zero-order valence-electron chi connectivity index (χ0n) is 18.5. The van der Waals surface area contributed by atoms with Crippen molar-refractivity contribution in [2.45, 2.75) is 66.0 Å². The molecule has 6 N–H and O–H groups in total. The number of aryl methyl sites for hydroxylation is 1. The van der Waals surface area contributed by atoms with Gasteiger partial charge in [-0.1, -0.05) is 31.8 Å². The number of hydrogen-bond acceptors (Lipinski definition) is 7. The lowest BCUT2D eigenvalue weighted by Gasteiger charge is -2.18. The van der Waals surface area contributed by atoms with E-state index in [2.05, 4.69) is 31.4 Å². The van der Waals surface area contributed by atoms with Gasteiger partial charge in [0.15, 0.2) is 5.65 Å². The molecule has 170 valence electrons. The fourth-order valence-corrected chi connectivity index (χ4v) is 3.19. The van der Waals surface area contributed by atoms with Crippen molar-refractivity contribution in [1.82, 2.24) is 25.6 Å². The van der Waals surface area contributed by atoms with Crippen molar-refractivity contribution in [3.05, 3.63) is 18.0 Å². The summed E-state index contributed by atoms with van der Waals surface area (Å²) >= 11 is 0. The van der Waals surface area contributed by atoms with Crippen molar-refractivity contribution in [2.24, 2.45) is 16.8 Å². The molecule has 0 unspecified atom stereocenters. The molecular formula is C20H32N8O3. The van der Waals surface area contributed by atoms with Crippen molar-refractivity contribution in [3.8, 4) is 0 Å². The molecule has 1 aliphatic carbocycles. The largest absolute Gasteiger partial charge is 0.409 e. The molecule has 0 bridgehead atoms. The van der Waals surface area contributed by atoms with Crippen LogP contribution in [0.4, 0.5) is 5.69 Å².